The normalized spacial score (nSPS) is 12.6. The molecule has 0 amide bonds. The zero-order valence-corrected chi connectivity index (χ0v) is 18.7. The molecule has 0 aliphatic heterocycles. The second kappa shape index (κ2) is 7.45. The monoisotopic (exact) mass is 433 g/mol. The van der Waals surface area contributed by atoms with E-state index < -0.39 is 0 Å². The molecule has 1 atom stereocenters. The highest BCUT2D eigenvalue weighted by Crippen LogP contribution is 2.38. The van der Waals surface area contributed by atoms with Gasteiger partial charge in [-0.25, -0.2) is 9.97 Å². The summed E-state index contributed by atoms with van der Waals surface area (Å²) in [6.45, 7) is 4.26. The highest BCUT2D eigenvalue weighted by molar-refractivity contribution is 6.05. The largest absolute Gasteiger partial charge is 0.496 e. The minimum Gasteiger partial charge on any atom is -0.496 e. The van der Waals surface area contributed by atoms with Crippen molar-refractivity contribution in [1.82, 2.24) is 24.5 Å². The van der Waals surface area contributed by atoms with Crippen molar-refractivity contribution in [3.8, 4) is 16.9 Å². The van der Waals surface area contributed by atoms with E-state index in [1.165, 1.54) is 5.56 Å². The van der Waals surface area contributed by atoms with Crippen LogP contribution in [0.5, 0.6) is 5.75 Å². The molecule has 0 bridgehead atoms. The second-order valence-corrected chi connectivity index (χ2v) is 8.32. The molecule has 1 N–H and O–H groups in total. The Labute approximate surface area is 190 Å². The molecule has 0 aliphatic rings. The van der Waals surface area contributed by atoms with E-state index in [0.29, 0.717) is 0 Å². The van der Waals surface area contributed by atoms with Gasteiger partial charge in [0.15, 0.2) is 0 Å². The highest BCUT2D eigenvalue weighted by atomic mass is 16.5. The lowest BCUT2D eigenvalue weighted by molar-refractivity contribution is 0.417. The number of imidazole rings is 1. The van der Waals surface area contributed by atoms with Crippen LogP contribution >= 0.6 is 0 Å². The number of H-pyrrole nitrogens is 1. The van der Waals surface area contributed by atoms with Crippen molar-refractivity contribution in [2.24, 2.45) is 0 Å². The van der Waals surface area contributed by atoms with Crippen LogP contribution < -0.4 is 4.74 Å². The fourth-order valence-electron chi connectivity index (χ4n) is 4.76. The molecule has 0 spiro atoms. The molecule has 6 heteroatoms. The Hall–Kier alpha value is -4.19. The number of aromatic nitrogens is 5. The molecule has 6 nitrogen and oxygen atoms in total. The van der Waals surface area contributed by atoms with Gasteiger partial charge in [-0.2, -0.15) is 0 Å². The topological polar surface area (TPSA) is 68.6 Å². The maximum atomic E-state index is 5.85. The molecule has 4 aromatic heterocycles. The number of rotatable bonds is 4. The Morgan fingerprint density at radius 3 is 2.64 bits per heavy atom. The average molecular weight is 434 g/mol. The third-order valence-electron chi connectivity index (χ3n) is 6.39. The zero-order chi connectivity index (χ0) is 22.5. The van der Waals surface area contributed by atoms with Crippen molar-refractivity contribution in [2.75, 3.05) is 7.11 Å². The van der Waals surface area contributed by atoms with Crippen molar-refractivity contribution in [2.45, 2.75) is 19.9 Å². The standard InChI is InChI=1S/C27H23N5O/c1-16(18-7-5-4-6-8-18)32-17(2)31-24-15-29-23-12-21(25(33-3)13-22(23)26(24)32)20-11-19-9-10-28-27(19)30-14-20/h4-16H,1-3H3,(H,28,30). The number of aryl methyl sites for hydroxylation is 1. The molecule has 6 rings (SSSR count). The summed E-state index contributed by atoms with van der Waals surface area (Å²) in [7, 11) is 1.70. The maximum absolute atomic E-state index is 5.85. The third kappa shape index (κ3) is 3.06. The predicted molar refractivity (Wildman–Crippen MR) is 132 cm³/mol. The van der Waals surface area contributed by atoms with E-state index in [4.69, 9.17) is 14.7 Å². The van der Waals surface area contributed by atoms with Gasteiger partial charge in [0.2, 0.25) is 0 Å². The summed E-state index contributed by atoms with van der Waals surface area (Å²) in [6.07, 6.45) is 5.63. The van der Waals surface area contributed by atoms with E-state index in [-0.39, 0.29) is 6.04 Å². The lowest BCUT2D eigenvalue weighted by Crippen LogP contribution is -2.08. The van der Waals surface area contributed by atoms with Gasteiger partial charge in [-0.05, 0) is 43.7 Å². The number of hydrogen-bond acceptors (Lipinski definition) is 4. The van der Waals surface area contributed by atoms with Crippen LogP contribution in [0.2, 0.25) is 0 Å². The minimum atomic E-state index is 0.132. The van der Waals surface area contributed by atoms with Gasteiger partial charge in [0.1, 0.15) is 22.7 Å². The predicted octanol–water partition coefficient (Wildman–Crippen LogP) is 6.05. The number of nitrogens with one attached hydrogen (secondary N) is 1. The molecule has 4 heterocycles. The van der Waals surface area contributed by atoms with E-state index in [2.05, 4.69) is 70.8 Å². The molecule has 162 valence electrons. The first-order chi connectivity index (χ1) is 16.1. The van der Waals surface area contributed by atoms with Gasteiger partial charge in [-0.3, -0.25) is 4.98 Å². The van der Waals surface area contributed by atoms with Gasteiger partial charge >= 0.3 is 0 Å². The van der Waals surface area contributed by atoms with Crippen LogP contribution in [0.1, 0.15) is 24.4 Å². The maximum Gasteiger partial charge on any atom is 0.137 e. The van der Waals surface area contributed by atoms with Crippen LogP contribution in [0.25, 0.3) is 44.1 Å². The van der Waals surface area contributed by atoms with Crippen LogP contribution in [0, 0.1) is 6.92 Å². The van der Waals surface area contributed by atoms with E-state index in [9.17, 15) is 0 Å². The molecule has 6 aromatic rings. The quantitative estimate of drug-likeness (QED) is 0.367. The van der Waals surface area contributed by atoms with Crippen molar-refractivity contribution in [1.29, 1.82) is 0 Å². The molecular formula is C27H23N5O. The Bertz CT molecular complexity index is 1630. The van der Waals surface area contributed by atoms with Gasteiger partial charge in [-0.15, -0.1) is 0 Å². The van der Waals surface area contributed by atoms with Gasteiger partial charge < -0.3 is 14.3 Å². The minimum absolute atomic E-state index is 0.132. The lowest BCUT2D eigenvalue weighted by Gasteiger charge is -2.18. The van der Waals surface area contributed by atoms with Crippen molar-refractivity contribution >= 4 is 33.0 Å². The van der Waals surface area contributed by atoms with Crippen LogP contribution in [-0.4, -0.2) is 31.6 Å². The van der Waals surface area contributed by atoms with E-state index in [0.717, 1.165) is 55.7 Å². The first kappa shape index (κ1) is 19.5. The Kier molecular flexibility index (Phi) is 4.40. The third-order valence-corrected chi connectivity index (χ3v) is 6.39. The Balaban J connectivity index is 1.60. The lowest BCUT2D eigenvalue weighted by atomic mass is 10.0. The second-order valence-electron chi connectivity index (χ2n) is 8.32. The van der Waals surface area contributed by atoms with Crippen molar-refractivity contribution in [3.05, 3.63) is 84.6 Å². The van der Waals surface area contributed by atoms with Crippen LogP contribution in [0.3, 0.4) is 0 Å². The summed E-state index contributed by atoms with van der Waals surface area (Å²) in [5.74, 6) is 1.74. The first-order valence-corrected chi connectivity index (χ1v) is 11.0. The SMILES string of the molecule is COc1cc2c(cc1-c1cnc3[nH]ccc3c1)ncc1nc(C)n(C(C)c3ccccc3)c12. The summed E-state index contributed by atoms with van der Waals surface area (Å²) in [5.41, 5.74) is 6.91. The van der Waals surface area contributed by atoms with Gasteiger partial charge in [0.05, 0.1) is 30.4 Å². The smallest absolute Gasteiger partial charge is 0.137 e. The Morgan fingerprint density at radius 2 is 1.82 bits per heavy atom. The zero-order valence-electron chi connectivity index (χ0n) is 18.7. The first-order valence-electron chi connectivity index (χ1n) is 11.0. The number of fused-ring (bicyclic) bond motifs is 4. The van der Waals surface area contributed by atoms with E-state index in [1.807, 2.05) is 30.7 Å². The van der Waals surface area contributed by atoms with E-state index >= 15 is 0 Å². The van der Waals surface area contributed by atoms with Gasteiger partial charge in [-0.1, -0.05) is 30.3 Å². The summed E-state index contributed by atoms with van der Waals surface area (Å²) in [6, 6.07) is 18.9. The number of benzene rings is 2. The number of aromatic amines is 1. The average Bonchev–Trinajstić information content (AvgIpc) is 3.46. The van der Waals surface area contributed by atoms with Crippen molar-refractivity contribution < 1.29 is 4.74 Å². The fraction of sp³-hybridized carbons (Fsp3) is 0.148. The molecule has 2 aromatic carbocycles. The number of hydrogen-bond donors (Lipinski definition) is 1. The van der Waals surface area contributed by atoms with Crippen LogP contribution in [0.15, 0.2) is 73.2 Å². The van der Waals surface area contributed by atoms with Crippen LogP contribution in [-0.2, 0) is 0 Å². The Morgan fingerprint density at radius 1 is 0.970 bits per heavy atom. The summed E-state index contributed by atoms with van der Waals surface area (Å²) >= 11 is 0. The summed E-state index contributed by atoms with van der Waals surface area (Å²) in [5, 5.41) is 2.08. The van der Waals surface area contributed by atoms with E-state index in [1.54, 1.807) is 7.11 Å². The molecule has 0 saturated carbocycles. The van der Waals surface area contributed by atoms with Crippen LogP contribution in [0.4, 0.5) is 0 Å². The number of ether oxygens (including phenoxy) is 1. The van der Waals surface area contributed by atoms with Gasteiger partial charge in [0, 0.05) is 34.3 Å². The molecule has 0 aliphatic carbocycles. The summed E-state index contributed by atoms with van der Waals surface area (Å²) < 4.78 is 8.14. The van der Waals surface area contributed by atoms with Gasteiger partial charge in [0.25, 0.3) is 0 Å². The molecule has 33 heavy (non-hydrogen) atoms. The van der Waals surface area contributed by atoms with Crippen molar-refractivity contribution in [3.63, 3.8) is 0 Å². The molecule has 1 unspecified atom stereocenters. The fourth-order valence-corrected chi connectivity index (χ4v) is 4.76. The molecule has 0 saturated heterocycles. The highest BCUT2D eigenvalue weighted by Gasteiger charge is 2.19. The summed E-state index contributed by atoms with van der Waals surface area (Å²) in [4.78, 5) is 17.3. The molecule has 0 fully saturated rings. The number of methoxy groups -OCH3 is 1. The molecular weight excluding hydrogens is 410 g/mol. The molecule has 0 radical (unpaired) electrons. The number of nitrogens with zero attached hydrogens (tertiary/aromatic N) is 4. The number of pyridine rings is 2.